The number of Topliss-reactive ketones (excluding diaryl/α,β-unsaturated/α-hetero) is 1. The first-order chi connectivity index (χ1) is 16.0. The second kappa shape index (κ2) is 8.19. The van der Waals surface area contributed by atoms with E-state index in [4.69, 9.17) is 4.98 Å². The Morgan fingerprint density at radius 2 is 1.82 bits per heavy atom. The first-order valence-electron chi connectivity index (χ1n) is 10.3. The van der Waals surface area contributed by atoms with Gasteiger partial charge in [0.25, 0.3) is 0 Å². The Balaban J connectivity index is 1.54. The number of imidazole rings is 1. The number of aryl methyl sites for hydroxylation is 2. The van der Waals surface area contributed by atoms with Crippen molar-refractivity contribution in [1.82, 2.24) is 34.9 Å². The smallest absolute Gasteiger partial charge is 0.161 e. The van der Waals surface area contributed by atoms with E-state index in [-0.39, 0.29) is 5.78 Å². The maximum absolute atomic E-state index is 12.2. The summed E-state index contributed by atoms with van der Waals surface area (Å²) in [7, 11) is 0. The van der Waals surface area contributed by atoms with Crippen molar-refractivity contribution < 1.29 is 4.79 Å². The van der Waals surface area contributed by atoms with Crippen LogP contribution in [0.3, 0.4) is 0 Å². The lowest BCUT2D eigenvalue weighted by Gasteiger charge is -2.11. The molecule has 0 saturated heterocycles. The van der Waals surface area contributed by atoms with E-state index in [0.29, 0.717) is 22.9 Å². The van der Waals surface area contributed by atoms with E-state index < -0.39 is 0 Å². The molecule has 4 heterocycles. The Morgan fingerprint density at radius 1 is 0.939 bits per heavy atom. The SMILES string of the molecule is CC(=O)c1ccc(-n2cnc3cc(Nc4ccc(C)nn4)ccc32)nc1-c1cnnc(C)c1. The number of fused-ring (bicyclic) bond motifs is 1. The van der Waals surface area contributed by atoms with Gasteiger partial charge in [0.05, 0.1) is 34.3 Å². The number of anilines is 2. The van der Waals surface area contributed by atoms with Crippen molar-refractivity contribution in [2.75, 3.05) is 5.32 Å². The van der Waals surface area contributed by atoms with Gasteiger partial charge in [0.15, 0.2) is 11.6 Å². The number of carbonyl (C=O) groups is 1. The summed E-state index contributed by atoms with van der Waals surface area (Å²) in [5.41, 5.74) is 5.97. The second-order valence-corrected chi connectivity index (χ2v) is 7.71. The van der Waals surface area contributed by atoms with Crippen LogP contribution in [0.5, 0.6) is 0 Å². The van der Waals surface area contributed by atoms with E-state index in [0.717, 1.165) is 33.7 Å². The molecule has 0 aliphatic rings. The third-order valence-corrected chi connectivity index (χ3v) is 5.17. The van der Waals surface area contributed by atoms with Gasteiger partial charge in [0.2, 0.25) is 0 Å². The van der Waals surface area contributed by atoms with Crippen molar-refractivity contribution >= 4 is 28.3 Å². The number of pyridine rings is 1. The van der Waals surface area contributed by atoms with E-state index >= 15 is 0 Å². The number of hydrogen-bond acceptors (Lipinski definition) is 8. The van der Waals surface area contributed by atoms with Crippen molar-refractivity contribution in [1.29, 1.82) is 0 Å². The third kappa shape index (κ3) is 4.03. The summed E-state index contributed by atoms with van der Waals surface area (Å²) < 4.78 is 1.89. The van der Waals surface area contributed by atoms with Gasteiger partial charge in [-0.3, -0.25) is 9.36 Å². The van der Waals surface area contributed by atoms with Crippen molar-refractivity contribution in [3.8, 4) is 17.1 Å². The number of ketones is 1. The molecule has 0 amide bonds. The highest BCUT2D eigenvalue weighted by molar-refractivity contribution is 6.00. The molecule has 5 aromatic rings. The zero-order chi connectivity index (χ0) is 22.9. The number of carbonyl (C=O) groups excluding carboxylic acids is 1. The molecule has 0 atom stereocenters. The third-order valence-electron chi connectivity index (χ3n) is 5.17. The molecule has 0 aliphatic carbocycles. The van der Waals surface area contributed by atoms with Gasteiger partial charge in [-0.15, -0.1) is 5.10 Å². The van der Waals surface area contributed by atoms with E-state index in [1.165, 1.54) is 6.92 Å². The van der Waals surface area contributed by atoms with E-state index in [2.05, 4.69) is 30.7 Å². The van der Waals surface area contributed by atoms with Crippen LogP contribution in [0.15, 0.2) is 61.1 Å². The van der Waals surface area contributed by atoms with Crippen LogP contribution in [0.1, 0.15) is 28.7 Å². The van der Waals surface area contributed by atoms with Gasteiger partial charge in [0.1, 0.15) is 12.1 Å². The molecule has 0 spiro atoms. The fourth-order valence-electron chi connectivity index (χ4n) is 3.58. The molecule has 9 heteroatoms. The summed E-state index contributed by atoms with van der Waals surface area (Å²) >= 11 is 0. The maximum Gasteiger partial charge on any atom is 0.161 e. The number of nitrogens with one attached hydrogen (secondary N) is 1. The molecule has 4 aromatic heterocycles. The predicted molar refractivity (Wildman–Crippen MR) is 125 cm³/mol. The van der Waals surface area contributed by atoms with Gasteiger partial charge in [-0.25, -0.2) is 9.97 Å². The number of hydrogen-bond donors (Lipinski definition) is 1. The van der Waals surface area contributed by atoms with Crippen LogP contribution >= 0.6 is 0 Å². The van der Waals surface area contributed by atoms with Crippen molar-refractivity contribution in [3.63, 3.8) is 0 Å². The van der Waals surface area contributed by atoms with Crippen molar-refractivity contribution in [2.24, 2.45) is 0 Å². The molecule has 0 fully saturated rings. The zero-order valence-electron chi connectivity index (χ0n) is 18.3. The zero-order valence-corrected chi connectivity index (χ0v) is 18.3. The Hall–Kier alpha value is -4.53. The van der Waals surface area contributed by atoms with Crippen LogP contribution in [0, 0.1) is 13.8 Å². The molecule has 1 aromatic carbocycles. The first kappa shape index (κ1) is 20.4. The molecule has 0 bridgehead atoms. The number of aromatic nitrogens is 7. The first-order valence-corrected chi connectivity index (χ1v) is 10.3. The average Bonchev–Trinajstić information content (AvgIpc) is 3.23. The molecule has 1 N–H and O–H groups in total. The quantitative estimate of drug-likeness (QED) is 0.408. The monoisotopic (exact) mass is 436 g/mol. The number of rotatable bonds is 5. The number of benzene rings is 1. The van der Waals surface area contributed by atoms with E-state index in [1.54, 1.807) is 18.6 Å². The molecule has 33 heavy (non-hydrogen) atoms. The van der Waals surface area contributed by atoms with Crippen molar-refractivity contribution in [2.45, 2.75) is 20.8 Å². The van der Waals surface area contributed by atoms with Crippen LogP contribution < -0.4 is 5.32 Å². The highest BCUT2D eigenvalue weighted by atomic mass is 16.1. The molecule has 0 aliphatic heterocycles. The summed E-state index contributed by atoms with van der Waals surface area (Å²) in [6.45, 7) is 5.27. The van der Waals surface area contributed by atoms with Crippen LogP contribution in [-0.2, 0) is 0 Å². The summed E-state index contributed by atoms with van der Waals surface area (Å²) in [6, 6.07) is 15.1. The van der Waals surface area contributed by atoms with Gasteiger partial charge < -0.3 is 5.32 Å². The minimum absolute atomic E-state index is 0.0658. The molecule has 0 unspecified atom stereocenters. The highest BCUT2D eigenvalue weighted by Gasteiger charge is 2.15. The topological polar surface area (TPSA) is 111 Å². The second-order valence-electron chi connectivity index (χ2n) is 7.71. The standard InChI is InChI=1S/C24H20N8O/c1-14-4-8-22(31-30-14)27-18-5-7-21-20(11-18)25-13-32(21)23-9-6-19(16(3)33)24(28-23)17-10-15(2)29-26-12-17/h4-13H,1-3H3,(H,27,31). The minimum atomic E-state index is -0.0658. The fraction of sp³-hybridized carbons (Fsp3) is 0.125. The predicted octanol–water partition coefficient (Wildman–Crippen LogP) is 4.23. The molecule has 5 rings (SSSR count). The van der Waals surface area contributed by atoms with Gasteiger partial charge >= 0.3 is 0 Å². The lowest BCUT2D eigenvalue weighted by molar-refractivity contribution is 0.101. The van der Waals surface area contributed by atoms with Gasteiger partial charge in [-0.1, -0.05) is 0 Å². The summed E-state index contributed by atoms with van der Waals surface area (Å²) in [5, 5.41) is 19.5. The normalized spacial score (nSPS) is 11.0. The lowest BCUT2D eigenvalue weighted by Crippen LogP contribution is -2.04. The van der Waals surface area contributed by atoms with Gasteiger partial charge in [0, 0.05) is 16.8 Å². The summed E-state index contributed by atoms with van der Waals surface area (Å²) in [4.78, 5) is 21.6. The number of nitrogens with zero attached hydrogens (tertiary/aromatic N) is 7. The van der Waals surface area contributed by atoms with E-state index in [1.807, 2.05) is 60.9 Å². The summed E-state index contributed by atoms with van der Waals surface area (Å²) in [5.74, 6) is 1.24. The van der Waals surface area contributed by atoms with E-state index in [9.17, 15) is 4.79 Å². The Kier molecular flexibility index (Phi) is 5.06. The van der Waals surface area contributed by atoms with Gasteiger partial charge in [-0.2, -0.15) is 15.3 Å². The van der Waals surface area contributed by atoms with Gasteiger partial charge in [-0.05, 0) is 69.3 Å². The van der Waals surface area contributed by atoms with Crippen LogP contribution in [0.4, 0.5) is 11.5 Å². The van der Waals surface area contributed by atoms with Crippen LogP contribution in [0.2, 0.25) is 0 Å². The Labute approximate surface area is 189 Å². The fourth-order valence-corrected chi connectivity index (χ4v) is 3.58. The largest absolute Gasteiger partial charge is 0.339 e. The lowest BCUT2D eigenvalue weighted by atomic mass is 10.0. The Bertz CT molecular complexity index is 1490. The maximum atomic E-state index is 12.2. The molecule has 0 saturated carbocycles. The summed E-state index contributed by atoms with van der Waals surface area (Å²) in [6.07, 6.45) is 3.33. The minimum Gasteiger partial charge on any atom is -0.339 e. The molecule has 162 valence electrons. The van der Waals surface area contributed by atoms with Crippen LogP contribution in [-0.4, -0.2) is 40.7 Å². The molecular weight excluding hydrogens is 416 g/mol. The molecule has 0 radical (unpaired) electrons. The molecule has 9 nitrogen and oxygen atoms in total. The molecular formula is C24H20N8O. The Morgan fingerprint density at radius 3 is 2.58 bits per heavy atom. The average molecular weight is 436 g/mol. The highest BCUT2D eigenvalue weighted by Crippen LogP contribution is 2.26. The van der Waals surface area contributed by atoms with Crippen LogP contribution in [0.25, 0.3) is 28.1 Å². The van der Waals surface area contributed by atoms with Crippen molar-refractivity contribution in [3.05, 3.63) is 78.0 Å².